The molecule has 1 aliphatic heterocycles. The lowest BCUT2D eigenvalue weighted by Crippen LogP contribution is -2.46. The van der Waals surface area contributed by atoms with Gasteiger partial charge in [0.05, 0.1) is 57.3 Å². The summed E-state index contributed by atoms with van der Waals surface area (Å²) < 4.78 is 40.1. The third-order valence-corrected chi connectivity index (χ3v) is 20.9. The summed E-state index contributed by atoms with van der Waals surface area (Å²) in [5, 5.41) is 27.9. The molecule has 0 aromatic heterocycles. The third kappa shape index (κ3) is 63.2. The highest BCUT2D eigenvalue weighted by molar-refractivity contribution is 9.39. The van der Waals surface area contributed by atoms with Gasteiger partial charge in [-0.05, 0) is 32.1 Å². The molecule has 15 heteroatoms. The summed E-state index contributed by atoms with van der Waals surface area (Å²) in [6.07, 6.45) is 65.1. The Morgan fingerprint density at radius 1 is 0.386 bits per heavy atom. The molecule has 0 bridgehead atoms. The molecular formula is C73H147BrN2O10P2. The Morgan fingerprint density at radius 3 is 0.909 bits per heavy atom. The molecule has 0 aliphatic carbocycles. The predicted octanol–water partition coefficient (Wildman–Crippen LogP) is 23.8. The van der Waals surface area contributed by atoms with Crippen molar-refractivity contribution >= 4 is 42.2 Å². The summed E-state index contributed by atoms with van der Waals surface area (Å²) in [6.45, 7) is 12.6. The normalized spacial score (nSPS) is 14.8. The lowest BCUT2D eigenvalue weighted by atomic mass is 10.0. The summed E-state index contributed by atoms with van der Waals surface area (Å²) in [4.78, 5) is 25.5. The van der Waals surface area contributed by atoms with Gasteiger partial charge in [-0.15, -0.1) is 0 Å². The zero-order chi connectivity index (χ0) is 64.3. The van der Waals surface area contributed by atoms with Gasteiger partial charge in [-0.25, -0.2) is 4.57 Å². The van der Waals surface area contributed by atoms with Gasteiger partial charge in [0.2, 0.25) is 11.8 Å². The Kier molecular flexibility index (Phi) is 69.5. The summed E-state index contributed by atoms with van der Waals surface area (Å²) in [6, 6.07) is -1.02. The van der Waals surface area contributed by atoms with Crippen molar-refractivity contribution in [2.75, 3.05) is 33.0 Å². The maximum Gasteiger partial charge on any atom is 0.396 e. The van der Waals surface area contributed by atoms with Crippen molar-refractivity contribution in [1.29, 1.82) is 0 Å². The van der Waals surface area contributed by atoms with Crippen LogP contribution in [0.2, 0.25) is 0 Å². The predicted molar refractivity (Wildman–Crippen MR) is 381 cm³/mol. The van der Waals surface area contributed by atoms with Crippen LogP contribution in [0.25, 0.3) is 0 Å². The van der Waals surface area contributed by atoms with Crippen LogP contribution < -0.4 is 10.6 Å². The van der Waals surface area contributed by atoms with E-state index in [2.05, 4.69) is 53.8 Å². The number of carbonyl (C=O) groups is 2. The Morgan fingerprint density at radius 2 is 0.636 bits per heavy atom. The van der Waals surface area contributed by atoms with Crippen LogP contribution >= 0.6 is 30.4 Å². The smallest absolute Gasteiger partial charge is 0.391 e. The highest BCUT2D eigenvalue weighted by atomic mass is 79.9. The number of aliphatic hydroxyl groups is 2. The van der Waals surface area contributed by atoms with E-state index in [4.69, 9.17) is 22.6 Å². The minimum Gasteiger partial charge on any atom is -0.391 e. The van der Waals surface area contributed by atoms with E-state index in [0.29, 0.717) is 45.5 Å². The van der Waals surface area contributed by atoms with Crippen molar-refractivity contribution < 1.29 is 47.0 Å². The fourth-order valence-corrected chi connectivity index (χ4v) is 14.2. The molecule has 1 saturated heterocycles. The van der Waals surface area contributed by atoms with Gasteiger partial charge in [0, 0.05) is 28.3 Å². The second kappa shape index (κ2) is 69.6. The number of carbonyl (C=O) groups excluding carboxylic acids is 2. The molecule has 5 atom stereocenters. The second-order valence-electron chi connectivity index (χ2n) is 26.3. The summed E-state index contributed by atoms with van der Waals surface area (Å²) in [5.74, 6) is -0.0582. The van der Waals surface area contributed by atoms with Crippen molar-refractivity contribution in [1.82, 2.24) is 10.6 Å². The molecule has 88 heavy (non-hydrogen) atoms. The number of unbranched alkanes of at least 4 members (excludes halogenated alkanes) is 48. The Hall–Kier alpha value is -0.200. The van der Waals surface area contributed by atoms with E-state index in [1.807, 2.05) is 6.92 Å². The van der Waals surface area contributed by atoms with Crippen LogP contribution in [-0.4, -0.2) is 79.4 Å². The largest absolute Gasteiger partial charge is 0.396 e. The molecule has 1 heterocycles. The molecule has 0 aromatic carbocycles. The van der Waals surface area contributed by atoms with E-state index in [1.165, 1.54) is 283 Å². The molecule has 1 fully saturated rings. The van der Waals surface area contributed by atoms with Crippen molar-refractivity contribution in [3.8, 4) is 0 Å². The van der Waals surface area contributed by atoms with Crippen molar-refractivity contribution in [3.63, 3.8) is 0 Å². The monoisotopic (exact) mass is 1350 g/mol. The minimum absolute atomic E-state index is 0.0159. The van der Waals surface area contributed by atoms with E-state index >= 15 is 0 Å². The van der Waals surface area contributed by atoms with Crippen LogP contribution in [0.4, 0.5) is 0 Å². The van der Waals surface area contributed by atoms with Gasteiger partial charge in [-0.3, -0.25) is 14.1 Å². The third-order valence-electron chi connectivity index (χ3n) is 17.5. The van der Waals surface area contributed by atoms with Gasteiger partial charge in [0.25, 0.3) is 0 Å². The highest BCUT2D eigenvalue weighted by Crippen LogP contribution is 2.56. The molecular weight excluding hydrogens is 1210 g/mol. The van der Waals surface area contributed by atoms with Crippen LogP contribution in [0.15, 0.2) is 0 Å². The lowest BCUT2D eigenvalue weighted by Gasteiger charge is -2.25. The van der Waals surface area contributed by atoms with E-state index in [0.717, 1.165) is 57.8 Å². The molecule has 0 aromatic rings. The topological polar surface area (TPSA) is 162 Å². The first kappa shape index (κ1) is 87.8. The van der Waals surface area contributed by atoms with Gasteiger partial charge in [-0.2, -0.15) is 0 Å². The van der Waals surface area contributed by atoms with Crippen molar-refractivity contribution in [2.24, 2.45) is 0 Å². The standard InChI is InChI=1S/C37H75BrNO5P.C36H72NO5P/c1-4-7-9-11-13-15-17-19-21-23-25-27-29-31-36(40)35(34-44-45(38,42)43-33-6-3)39-37(41)32-30-28-26-24-22-20-18-16-14-12-10-8-5-2;1-3-5-7-9-11-13-15-17-19-21-23-25-27-29-35(38)34(33-42-43-40-31-32-41-43)37-36(39)30-28-26-24-22-20-18-16-14-12-10-8-6-4-2/h35-36,40H,4-34H2,1-3H3,(H,39,41);34-35,38H,3-33H2,1-2H3,(H,37,39)/t35-,36+,45?;34-,35+/m00/s1. The van der Waals surface area contributed by atoms with Gasteiger partial charge in [-0.1, -0.05) is 356 Å². The number of amides is 2. The van der Waals surface area contributed by atoms with Gasteiger partial charge >= 0.3 is 14.9 Å². The van der Waals surface area contributed by atoms with E-state index < -0.39 is 39.2 Å². The quantitative estimate of drug-likeness (QED) is 0.0341. The first-order valence-corrected chi connectivity index (χ1v) is 42.9. The molecule has 0 saturated carbocycles. The van der Waals surface area contributed by atoms with Gasteiger partial charge < -0.3 is 38.9 Å². The molecule has 0 spiro atoms. The SMILES string of the molecule is CCCCCCCCCCCCCCCC(=O)N[C@@H](COP(=O)(Br)OCCC)[C@H](O)CCCCCCCCCCCCCCC.CCCCCCCCCCCCCCCC(=O)N[C@@H](COP1OCCO1)[C@H](O)CCCCCCCCCCCCCCC. The average molecular weight is 1350 g/mol. The van der Waals surface area contributed by atoms with Crippen LogP contribution in [0, 0.1) is 0 Å². The Bertz CT molecular complexity index is 1490. The second-order valence-corrected chi connectivity index (χ2v) is 31.5. The first-order valence-electron chi connectivity index (χ1n) is 38.3. The molecule has 526 valence electrons. The number of halogens is 1. The van der Waals surface area contributed by atoms with E-state index in [9.17, 15) is 24.4 Å². The van der Waals surface area contributed by atoms with Crippen molar-refractivity contribution in [2.45, 2.75) is 425 Å². The van der Waals surface area contributed by atoms with Crippen LogP contribution in [0.1, 0.15) is 401 Å². The molecule has 1 rings (SSSR count). The molecule has 4 N–H and O–H groups in total. The molecule has 0 radical (unpaired) electrons. The van der Waals surface area contributed by atoms with Crippen molar-refractivity contribution in [3.05, 3.63) is 0 Å². The Labute approximate surface area is 554 Å². The summed E-state index contributed by atoms with van der Waals surface area (Å²) in [5.41, 5.74) is 0. The van der Waals surface area contributed by atoms with Crippen LogP contribution in [0.5, 0.6) is 0 Å². The maximum atomic E-state index is 12.8. The number of hydrogen-bond donors (Lipinski definition) is 4. The maximum absolute atomic E-state index is 12.8. The van der Waals surface area contributed by atoms with E-state index in [1.54, 1.807) is 0 Å². The molecule has 2 amide bonds. The van der Waals surface area contributed by atoms with Crippen LogP contribution in [-0.2, 0) is 36.8 Å². The fraction of sp³-hybridized carbons (Fsp3) is 0.973. The Balaban J connectivity index is 0.00000172. The molecule has 1 aliphatic rings. The summed E-state index contributed by atoms with van der Waals surface area (Å²) in [7, 11) is -1.35. The highest BCUT2D eigenvalue weighted by Gasteiger charge is 2.28. The number of nitrogens with one attached hydrogen (secondary N) is 2. The van der Waals surface area contributed by atoms with Gasteiger partial charge in [0.15, 0.2) is 0 Å². The first-order chi connectivity index (χ1) is 43.0. The van der Waals surface area contributed by atoms with Gasteiger partial charge in [0.1, 0.15) is 0 Å². The zero-order valence-electron chi connectivity index (χ0n) is 58.6. The zero-order valence-corrected chi connectivity index (χ0v) is 62.0. The number of rotatable bonds is 69. The van der Waals surface area contributed by atoms with E-state index in [-0.39, 0.29) is 25.0 Å². The lowest BCUT2D eigenvalue weighted by molar-refractivity contribution is -0.124. The summed E-state index contributed by atoms with van der Waals surface area (Å²) >= 11 is 3.06. The fourth-order valence-electron chi connectivity index (χ4n) is 11.7. The number of aliphatic hydroxyl groups excluding tert-OH is 2. The minimum atomic E-state index is -3.41. The molecule has 1 unspecified atom stereocenters. The van der Waals surface area contributed by atoms with Crippen LogP contribution in [0.3, 0.4) is 0 Å². The average Bonchev–Trinajstić information content (AvgIpc) is 4.09. The molecule has 12 nitrogen and oxygen atoms in total. The number of hydrogen-bond acceptors (Lipinski definition) is 10.